The zero-order valence-corrected chi connectivity index (χ0v) is 8.72. The highest BCUT2D eigenvalue weighted by atomic mass is 19.1. The maximum atomic E-state index is 11.9. The maximum Gasteiger partial charge on any atom is 0.229 e. The van der Waals surface area contributed by atoms with Crippen molar-refractivity contribution < 1.29 is 9.18 Å². The Balaban J connectivity index is 4.53. The number of amides is 1. The molecule has 0 aliphatic rings. The van der Waals surface area contributed by atoms with E-state index in [-0.39, 0.29) is 12.3 Å². The highest BCUT2D eigenvalue weighted by molar-refractivity contribution is 5.77. The summed E-state index contributed by atoms with van der Waals surface area (Å²) in [6, 6.07) is 0. The molecule has 1 amide bonds. The smallest absolute Gasteiger partial charge is 0.229 e. The van der Waals surface area contributed by atoms with Gasteiger partial charge in [0.05, 0.1) is 13.1 Å². The number of hydrogen-bond acceptors (Lipinski definition) is 2. The Kier molecular flexibility index (Phi) is 5.60. The van der Waals surface area contributed by atoms with Gasteiger partial charge in [0.15, 0.2) is 0 Å². The minimum absolute atomic E-state index is 0.0924. The average Bonchev–Trinajstić information content (AvgIpc) is 2.13. The lowest BCUT2D eigenvalue weighted by Gasteiger charge is -2.19. The van der Waals surface area contributed by atoms with Crippen LogP contribution in [0.2, 0.25) is 0 Å². The molecule has 0 aromatic carbocycles. The first kappa shape index (κ1) is 12.7. The van der Waals surface area contributed by atoms with Crippen molar-refractivity contribution in [1.29, 1.82) is 0 Å². The van der Waals surface area contributed by atoms with Crippen LogP contribution in [0.5, 0.6) is 0 Å². The molecule has 0 aliphatic heterocycles. The van der Waals surface area contributed by atoms with E-state index in [0.717, 1.165) is 5.70 Å². The van der Waals surface area contributed by atoms with Gasteiger partial charge in [-0.05, 0) is 12.5 Å². The first-order valence-corrected chi connectivity index (χ1v) is 4.50. The van der Waals surface area contributed by atoms with E-state index < -0.39 is 6.67 Å². The summed E-state index contributed by atoms with van der Waals surface area (Å²) < 4.78 is 11.9. The highest BCUT2D eigenvalue weighted by Crippen LogP contribution is 2.09. The Morgan fingerprint density at radius 2 is 2.21 bits per heavy atom. The van der Waals surface area contributed by atoms with Gasteiger partial charge in [-0.1, -0.05) is 13.5 Å². The van der Waals surface area contributed by atoms with Gasteiger partial charge in [0.1, 0.15) is 0 Å². The molecule has 80 valence electrons. The van der Waals surface area contributed by atoms with Gasteiger partial charge in [-0.15, -0.1) is 0 Å². The first-order valence-electron chi connectivity index (χ1n) is 4.50. The van der Waals surface area contributed by atoms with Crippen LogP contribution in [0.25, 0.3) is 0 Å². The second-order valence-electron chi connectivity index (χ2n) is 2.96. The quantitative estimate of drug-likeness (QED) is 0.685. The molecule has 3 nitrogen and oxygen atoms in total. The monoisotopic (exact) mass is 200 g/mol. The van der Waals surface area contributed by atoms with Crippen LogP contribution in [-0.2, 0) is 4.79 Å². The van der Waals surface area contributed by atoms with Gasteiger partial charge in [-0.3, -0.25) is 9.18 Å². The van der Waals surface area contributed by atoms with E-state index in [2.05, 4.69) is 6.58 Å². The summed E-state index contributed by atoms with van der Waals surface area (Å²) in [6.45, 7) is 4.78. The molecule has 0 aromatic rings. The average molecular weight is 200 g/mol. The van der Waals surface area contributed by atoms with Gasteiger partial charge in [0.2, 0.25) is 5.91 Å². The summed E-state index contributed by atoms with van der Waals surface area (Å²) in [6.07, 6.45) is 2.19. The van der Waals surface area contributed by atoms with Crippen molar-refractivity contribution in [1.82, 2.24) is 4.90 Å². The minimum Gasteiger partial charge on any atom is -0.399 e. The molecule has 0 aromatic heterocycles. The third kappa shape index (κ3) is 4.07. The fourth-order valence-electron chi connectivity index (χ4n) is 1.06. The lowest BCUT2D eigenvalue weighted by Crippen LogP contribution is -2.26. The molecule has 2 N–H and O–H groups in total. The Hall–Kier alpha value is -1.32. The van der Waals surface area contributed by atoms with Crippen molar-refractivity contribution in [3.05, 3.63) is 24.0 Å². The second kappa shape index (κ2) is 6.18. The van der Waals surface area contributed by atoms with Crippen LogP contribution in [0.3, 0.4) is 0 Å². The van der Waals surface area contributed by atoms with Gasteiger partial charge in [-0.2, -0.15) is 0 Å². The molecule has 0 heterocycles. The van der Waals surface area contributed by atoms with Crippen LogP contribution >= 0.6 is 0 Å². The normalized spacial score (nSPS) is 11.2. The minimum atomic E-state index is -0.635. The molecule has 14 heavy (non-hydrogen) atoms. The molecule has 0 unspecified atom stereocenters. The van der Waals surface area contributed by atoms with Crippen LogP contribution < -0.4 is 5.73 Å². The summed E-state index contributed by atoms with van der Waals surface area (Å²) in [5.74, 6) is -0.248. The van der Waals surface area contributed by atoms with Crippen LogP contribution in [0, 0.1) is 0 Å². The Morgan fingerprint density at radius 3 is 2.57 bits per heavy atom. The largest absolute Gasteiger partial charge is 0.399 e. The number of nitrogens with zero attached hydrogens (tertiary/aromatic N) is 1. The molecule has 0 saturated carbocycles. The van der Waals surface area contributed by atoms with Gasteiger partial charge >= 0.3 is 0 Å². The highest BCUT2D eigenvalue weighted by Gasteiger charge is 2.11. The molecular formula is C10H17FN2O. The van der Waals surface area contributed by atoms with E-state index in [1.807, 2.05) is 6.92 Å². The molecular weight excluding hydrogens is 183 g/mol. The van der Waals surface area contributed by atoms with E-state index in [9.17, 15) is 9.18 Å². The number of alkyl halides is 1. The zero-order chi connectivity index (χ0) is 11.1. The van der Waals surface area contributed by atoms with Gasteiger partial charge < -0.3 is 10.6 Å². The van der Waals surface area contributed by atoms with Crippen molar-refractivity contribution >= 4 is 5.91 Å². The van der Waals surface area contributed by atoms with E-state index >= 15 is 0 Å². The molecule has 0 fully saturated rings. The SMILES string of the molecule is C=C(N)/C=C(\CC)N(C)C(=O)CCF. The molecule has 0 spiro atoms. The lowest BCUT2D eigenvalue weighted by atomic mass is 10.2. The van der Waals surface area contributed by atoms with Crippen LogP contribution in [0.1, 0.15) is 19.8 Å². The van der Waals surface area contributed by atoms with Crippen molar-refractivity contribution in [2.45, 2.75) is 19.8 Å². The third-order valence-electron chi connectivity index (χ3n) is 1.83. The number of carbonyl (C=O) groups excluding carboxylic acids is 1. The molecule has 0 rings (SSSR count). The van der Waals surface area contributed by atoms with Crippen LogP contribution in [0.4, 0.5) is 4.39 Å². The molecule has 0 saturated heterocycles. The van der Waals surface area contributed by atoms with Crippen LogP contribution in [-0.4, -0.2) is 24.5 Å². The van der Waals surface area contributed by atoms with Crippen molar-refractivity contribution in [2.75, 3.05) is 13.7 Å². The summed E-state index contributed by atoms with van der Waals surface area (Å²) in [5, 5.41) is 0. The fraction of sp³-hybridized carbons (Fsp3) is 0.500. The molecule has 0 bridgehead atoms. The fourth-order valence-corrected chi connectivity index (χ4v) is 1.06. The number of rotatable bonds is 5. The number of allylic oxidation sites excluding steroid dienone is 2. The zero-order valence-electron chi connectivity index (χ0n) is 8.72. The summed E-state index contributed by atoms with van der Waals surface area (Å²) in [7, 11) is 1.61. The predicted octanol–water partition coefficient (Wildman–Crippen LogP) is 1.57. The molecule has 0 radical (unpaired) electrons. The Morgan fingerprint density at radius 1 is 1.64 bits per heavy atom. The summed E-state index contributed by atoms with van der Waals surface area (Å²) >= 11 is 0. The summed E-state index contributed by atoms with van der Waals surface area (Å²) in [4.78, 5) is 12.7. The number of carbonyl (C=O) groups is 1. The van der Waals surface area contributed by atoms with Crippen molar-refractivity contribution in [3.8, 4) is 0 Å². The van der Waals surface area contributed by atoms with E-state index in [4.69, 9.17) is 5.73 Å². The molecule has 4 heteroatoms. The summed E-state index contributed by atoms with van der Waals surface area (Å²) in [5.41, 5.74) is 6.53. The first-order chi connectivity index (χ1) is 6.52. The predicted molar refractivity (Wildman–Crippen MR) is 55.1 cm³/mol. The molecule has 0 aliphatic carbocycles. The maximum absolute atomic E-state index is 11.9. The van der Waals surface area contributed by atoms with Crippen LogP contribution in [0.15, 0.2) is 24.0 Å². The lowest BCUT2D eigenvalue weighted by molar-refractivity contribution is -0.128. The van der Waals surface area contributed by atoms with E-state index in [1.165, 1.54) is 4.90 Å². The van der Waals surface area contributed by atoms with Gasteiger partial charge in [0.25, 0.3) is 0 Å². The standard InChI is InChI=1S/C10H17FN2O/c1-4-9(7-8(2)12)13(3)10(14)5-6-11/h7H,2,4-6,12H2,1,3H3/b9-7+. The van der Waals surface area contributed by atoms with E-state index in [0.29, 0.717) is 12.1 Å². The number of nitrogens with two attached hydrogens (primary N) is 1. The third-order valence-corrected chi connectivity index (χ3v) is 1.83. The van der Waals surface area contributed by atoms with Gasteiger partial charge in [0, 0.05) is 18.4 Å². The van der Waals surface area contributed by atoms with Crippen molar-refractivity contribution in [3.63, 3.8) is 0 Å². The molecule has 0 atom stereocenters. The Labute approximate surface area is 84.1 Å². The Bertz CT molecular complexity index is 249. The second-order valence-corrected chi connectivity index (χ2v) is 2.96. The number of halogens is 1. The van der Waals surface area contributed by atoms with E-state index in [1.54, 1.807) is 13.1 Å². The number of hydrogen-bond donors (Lipinski definition) is 1. The van der Waals surface area contributed by atoms with Gasteiger partial charge in [-0.25, -0.2) is 0 Å². The topological polar surface area (TPSA) is 46.3 Å². The van der Waals surface area contributed by atoms with Crippen molar-refractivity contribution in [2.24, 2.45) is 5.73 Å².